The van der Waals surface area contributed by atoms with Gasteiger partial charge in [0, 0.05) is 5.92 Å². The van der Waals surface area contributed by atoms with Crippen LogP contribution in [0.2, 0.25) is 0 Å². The Balaban J connectivity index is 1.81. The highest BCUT2D eigenvalue weighted by molar-refractivity contribution is 5.81. The van der Waals surface area contributed by atoms with Crippen LogP contribution in [0.15, 0.2) is 0 Å². The molecule has 0 aromatic rings. The number of hydroxylamine groups is 1. The monoisotopic (exact) mass is 198 g/mol. The van der Waals surface area contributed by atoms with Gasteiger partial charge in [0.1, 0.15) is 0 Å². The van der Waals surface area contributed by atoms with E-state index in [1.54, 1.807) is 0 Å². The van der Waals surface area contributed by atoms with Crippen molar-refractivity contribution >= 4 is 5.91 Å². The molecule has 1 unspecified atom stereocenters. The number of carbonyl (C=O) groups is 1. The highest BCUT2D eigenvalue weighted by Crippen LogP contribution is 2.58. The Morgan fingerprint density at radius 1 is 1.57 bits per heavy atom. The molecular weight excluding hydrogens is 180 g/mol. The lowest BCUT2D eigenvalue weighted by molar-refractivity contribution is -0.135. The lowest BCUT2D eigenvalue weighted by Gasteiger charge is -2.23. The van der Waals surface area contributed by atoms with Crippen molar-refractivity contribution in [3.63, 3.8) is 0 Å². The first-order valence-corrected chi connectivity index (χ1v) is 5.41. The largest absolute Gasteiger partial charge is 0.317 e. The molecule has 2 aliphatic rings. The van der Waals surface area contributed by atoms with Crippen LogP contribution in [0.1, 0.15) is 26.2 Å². The Labute approximate surface area is 84.3 Å². The van der Waals surface area contributed by atoms with E-state index >= 15 is 0 Å². The maximum Gasteiger partial charge on any atom is 0.247 e. The van der Waals surface area contributed by atoms with Crippen molar-refractivity contribution in [2.75, 3.05) is 19.7 Å². The van der Waals surface area contributed by atoms with Crippen LogP contribution in [0.4, 0.5) is 0 Å². The molecule has 14 heavy (non-hydrogen) atoms. The summed E-state index contributed by atoms with van der Waals surface area (Å²) in [7, 11) is 0. The van der Waals surface area contributed by atoms with Crippen molar-refractivity contribution in [1.29, 1.82) is 0 Å². The van der Waals surface area contributed by atoms with Crippen molar-refractivity contribution < 1.29 is 9.63 Å². The summed E-state index contributed by atoms with van der Waals surface area (Å²) in [5.41, 5.74) is 2.82. The Morgan fingerprint density at radius 3 is 2.93 bits per heavy atom. The van der Waals surface area contributed by atoms with Crippen LogP contribution in [-0.4, -0.2) is 25.6 Å². The molecule has 0 radical (unpaired) electrons. The van der Waals surface area contributed by atoms with Crippen molar-refractivity contribution in [2.24, 2.45) is 11.3 Å². The third kappa shape index (κ3) is 1.77. The number of carbonyl (C=O) groups excluding carboxylic acids is 1. The van der Waals surface area contributed by atoms with E-state index in [-0.39, 0.29) is 11.8 Å². The molecule has 1 atom stereocenters. The van der Waals surface area contributed by atoms with Gasteiger partial charge in [0.25, 0.3) is 0 Å². The summed E-state index contributed by atoms with van der Waals surface area (Å²) in [6, 6.07) is 0. The Morgan fingerprint density at radius 2 is 2.29 bits per heavy atom. The average molecular weight is 198 g/mol. The van der Waals surface area contributed by atoms with Crippen molar-refractivity contribution in [3.05, 3.63) is 0 Å². The molecule has 1 spiro atoms. The summed E-state index contributed by atoms with van der Waals surface area (Å²) in [5, 5.41) is 3.32. The summed E-state index contributed by atoms with van der Waals surface area (Å²) in [4.78, 5) is 16.5. The summed E-state index contributed by atoms with van der Waals surface area (Å²) < 4.78 is 0. The first kappa shape index (κ1) is 9.93. The highest BCUT2D eigenvalue weighted by atomic mass is 16.6. The van der Waals surface area contributed by atoms with E-state index in [1.807, 2.05) is 6.92 Å². The smallest absolute Gasteiger partial charge is 0.247 e. The zero-order valence-electron chi connectivity index (χ0n) is 8.64. The fraction of sp³-hybridized carbons (Fsp3) is 0.900. The quantitative estimate of drug-likeness (QED) is 0.647. The van der Waals surface area contributed by atoms with Crippen LogP contribution in [0, 0.1) is 11.3 Å². The molecule has 0 bridgehead atoms. The first-order chi connectivity index (χ1) is 6.78. The molecule has 4 heteroatoms. The van der Waals surface area contributed by atoms with Gasteiger partial charge in [-0.3, -0.25) is 9.63 Å². The van der Waals surface area contributed by atoms with Crippen LogP contribution in [0.25, 0.3) is 0 Å². The van der Waals surface area contributed by atoms with Gasteiger partial charge in [0.2, 0.25) is 5.91 Å². The number of hydrogen-bond acceptors (Lipinski definition) is 3. The van der Waals surface area contributed by atoms with E-state index in [0.29, 0.717) is 12.0 Å². The summed E-state index contributed by atoms with van der Waals surface area (Å²) >= 11 is 0. The number of piperidine rings is 1. The van der Waals surface area contributed by atoms with Gasteiger partial charge in [-0.05, 0) is 44.7 Å². The van der Waals surface area contributed by atoms with Gasteiger partial charge in [-0.2, -0.15) is 0 Å². The van der Waals surface area contributed by atoms with E-state index in [0.717, 1.165) is 32.4 Å². The fourth-order valence-corrected chi connectivity index (χ4v) is 2.41. The molecule has 2 fully saturated rings. The van der Waals surface area contributed by atoms with Crippen LogP contribution in [0.5, 0.6) is 0 Å². The van der Waals surface area contributed by atoms with Crippen LogP contribution < -0.4 is 10.8 Å². The zero-order chi connectivity index (χ0) is 10.0. The Bertz CT molecular complexity index is 224. The van der Waals surface area contributed by atoms with E-state index in [1.165, 1.54) is 0 Å². The molecule has 1 aliphatic heterocycles. The van der Waals surface area contributed by atoms with Gasteiger partial charge in [0.15, 0.2) is 0 Å². The number of amides is 1. The van der Waals surface area contributed by atoms with Gasteiger partial charge < -0.3 is 5.32 Å². The molecule has 0 aromatic carbocycles. The molecule has 1 heterocycles. The van der Waals surface area contributed by atoms with E-state index < -0.39 is 0 Å². The van der Waals surface area contributed by atoms with Gasteiger partial charge in [-0.25, -0.2) is 5.48 Å². The van der Waals surface area contributed by atoms with E-state index in [9.17, 15) is 4.79 Å². The third-order valence-corrected chi connectivity index (χ3v) is 3.42. The van der Waals surface area contributed by atoms with Crippen molar-refractivity contribution in [2.45, 2.75) is 26.2 Å². The van der Waals surface area contributed by atoms with Gasteiger partial charge >= 0.3 is 0 Å². The lowest BCUT2D eigenvalue weighted by Crippen LogP contribution is -2.33. The SMILES string of the molecule is CCONC(=O)C1CC12CCNCC2. The van der Waals surface area contributed by atoms with Gasteiger partial charge in [-0.1, -0.05) is 0 Å². The fourth-order valence-electron chi connectivity index (χ4n) is 2.41. The molecule has 0 aromatic heterocycles. The zero-order valence-corrected chi connectivity index (χ0v) is 8.64. The second-order valence-electron chi connectivity index (χ2n) is 4.27. The Hall–Kier alpha value is -0.610. The number of nitrogens with one attached hydrogen (secondary N) is 2. The lowest BCUT2D eigenvalue weighted by atomic mass is 9.92. The second-order valence-corrected chi connectivity index (χ2v) is 4.27. The number of hydrogen-bond donors (Lipinski definition) is 2. The van der Waals surface area contributed by atoms with Gasteiger partial charge in [-0.15, -0.1) is 0 Å². The minimum absolute atomic E-state index is 0.0775. The minimum atomic E-state index is 0.0775. The van der Waals surface area contributed by atoms with Crippen LogP contribution >= 0.6 is 0 Å². The molecule has 2 N–H and O–H groups in total. The third-order valence-electron chi connectivity index (χ3n) is 3.42. The maximum absolute atomic E-state index is 11.6. The normalized spacial score (nSPS) is 28.8. The second kappa shape index (κ2) is 3.87. The topological polar surface area (TPSA) is 50.4 Å². The van der Waals surface area contributed by atoms with Gasteiger partial charge in [0.05, 0.1) is 6.61 Å². The molecule has 1 aliphatic carbocycles. The standard InChI is InChI=1S/C10H18N2O2/c1-2-14-12-9(13)8-7-10(8)3-5-11-6-4-10/h8,11H,2-7H2,1H3,(H,12,13). The summed E-state index contributed by atoms with van der Waals surface area (Å²) in [6.45, 7) is 4.51. The van der Waals surface area contributed by atoms with Crippen LogP contribution in [0.3, 0.4) is 0 Å². The molecule has 80 valence electrons. The summed E-state index contributed by atoms with van der Waals surface area (Å²) in [5.74, 6) is 0.282. The summed E-state index contributed by atoms with van der Waals surface area (Å²) in [6.07, 6.45) is 3.32. The molecule has 1 saturated carbocycles. The minimum Gasteiger partial charge on any atom is -0.317 e. The predicted octanol–water partition coefficient (Wildman–Crippen LogP) is 0.444. The van der Waals surface area contributed by atoms with E-state index in [4.69, 9.17) is 4.84 Å². The van der Waals surface area contributed by atoms with Crippen molar-refractivity contribution in [3.8, 4) is 0 Å². The molecule has 4 nitrogen and oxygen atoms in total. The van der Waals surface area contributed by atoms with Crippen LogP contribution in [-0.2, 0) is 9.63 Å². The highest BCUT2D eigenvalue weighted by Gasteiger charge is 2.57. The van der Waals surface area contributed by atoms with E-state index in [2.05, 4.69) is 10.8 Å². The van der Waals surface area contributed by atoms with Crippen molar-refractivity contribution in [1.82, 2.24) is 10.8 Å². The predicted molar refractivity (Wildman–Crippen MR) is 52.4 cm³/mol. The molecule has 2 rings (SSSR count). The first-order valence-electron chi connectivity index (χ1n) is 5.41. The average Bonchev–Trinajstić information content (AvgIpc) is 2.90. The molecule has 1 amide bonds. The molecule has 1 saturated heterocycles. The Kier molecular flexibility index (Phi) is 2.74. The molecular formula is C10H18N2O2. The maximum atomic E-state index is 11.6. The number of rotatable bonds is 3.